The van der Waals surface area contributed by atoms with Gasteiger partial charge in [-0.3, -0.25) is 0 Å². The van der Waals surface area contributed by atoms with Crippen molar-refractivity contribution in [1.82, 2.24) is 25.2 Å². The number of hydrogen-bond donors (Lipinski definition) is 0. The van der Waals surface area contributed by atoms with Crippen LogP contribution >= 0.6 is 22.6 Å². The molecule has 0 aliphatic heterocycles. The second kappa shape index (κ2) is 6.52. The molecule has 0 amide bonds. The van der Waals surface area contributed by atoms with Gasteiger partial charge in [-0.2, -0.15) is 0 Å². The average Bonchev–Trinajstić information content (AvgIpc) is 3.25. The average molecular weight is 429 g/mol. The molecule has 0 unspecified atom stereocenters. The van der Waals surface area contributed by atoms with Crippen LogP contribution in [0.3, 0.4) is 0 Å². The van der Waals surface area contributed by atoms with Gasteiger partial charge in [-0.25, -0.2) is 4.68 Å². The summed E-state index contributed by atoms with van der Waals surface area (Å²) in [4.78, 5) is 0. The van der Waals surface area contributed by atoms with Gasteiger partial charge in [-0.15, -0.1) is 15.3 Å². The summed E-state index contributed by atoms with van der Waals surface area (Å²) in [6, 6.07) is 19.6. The van der Waals surface area contributed by atoms with E-state index in [-0.39, 0.29) is 0 Å². The molecular weight excluding hydrogens is 417 g/mol. The smallest absolute Gasteiger partial charge is 0.247 e. The number of hydrogen-bond acceptors (Lipinski definition) is 5. The zero-order valence-corrected chi connectivity index (χ0v) is 14.7. The largest absolute Gasteiger partial charge is 0.419 e. The first-order chi connectivity index (χ1) is 11.8. The standard InChI is InChI=1S/C17H12IN5O/c18-16-15(12-7-3-1-4-8-12)20-22-23(16)11-14-19-21-17(24-14)13-9-5-2-6-10-13/h1-10H,11H2. The Hall–Kier alpha value is -2.55. The molecule has 7 heteroatoms. The van der Waals surface area contributed by atoms with Crippen molar-refractivity contribution >= 4 is 22.6 Å². The monoisotopic (exact) mass is 429 g/mol. The fourth-order valence-corrected chi connectivity index (χ4v) is 3.00. The minimum Gasteiger partial charge on any atom is -0.419 e. The van der Waals surface area contributed by atoms with E-state index in [1.54, 1.807) is 4.68 Å². The summed E-state index contributed by atoms with van der Waals surface area (Å²) in [6.07, 6.45) is 0. The summed E-state index contributed by atoms with van der Waals surface area (Å²) in [5.74, 6) is 1.00. The predicted molar refractivity (Wildman–Crippen MR) is 97.0 cm³/mol. The topological polar surface area (TPSA) is 69.6 Å². The second-order valence-electron chi connectivity index (χ2n) is 5.12. The Labute approximate surface area is 151 Å². The van der Waals surface area contributed by atoms with Gasteiger partial charge >= 0.3 is 0 Å². The molecule has 24 heavy (non-hydrogen) atoms. The van der Waals surface area contributed by atoms with Crippen LogP contribution in [0.4, 0.5) is 0 Å². The third kappa shape index (κ3) is 2.94. The van der Waals surface area contributed by atoms with Crippen LogP contribution in [0, 0.1) is 3.70 Å². The van der Waals surface area contributed by atoms with Gasteiger partial charge in [0.1, 0.15) is 15.9 Å². The summed E-state index contributed by atoms with van der Waals surface area (Å²) in [6.45, 7) is 0.387. The molecule has 0 radical (unpaired) electrons. The van der Waals surface area contributed by atoms with Gasteiger partial charge in [0.05, 0.1) is 0 Å². The van der Waals surface area contributed by atoms with E-state index < -0.39 is 0 Å². The molecule has 0 aliphatic carbocycles. The van der Waals surface area contributed by atoms with Crippen LogP contribution in [0.25, 0.3) is 22.7 Å². The summed E-state index contributed by atoms with van der Waals surface area (Å²) in [7, 11) is 0. The zero-order valence-electron chi connectivity index (χ0n) is 12.5. The fourth-order valence-electron chi connectivity index (χ4n) is 2.32. The van der Waals surface area contributed by atoms with Crippen LogP contribution in [-0.4, -0.2) is 25.2 Å². The Kier molecular flexibility index (Phi) is 4.08. The van der Waals surface area contributed by atoms with Gasteiger partial charge in [-0.1, -0.05) is 53.7 Å². The van der Waals surface area contributed by atoms with Gasteiger partial charge in [-0.05, 0) is 34.7 Å². The molecule has 4 aromatic rings. The maximum atomic E-state index is 5.73. The van der Waals surface area contributed by atoms with Crippen molar-refractivity contribution in [3.05, 3.63) is 70.3 Å². The van der Waals surface area contributed by atoms with E-state index in [0.29, 0.717) is 18.3 Å². The first-order valence-corrected chi connectivity index (χ1v) is 8.41. The third-order valence-corrected chi connectivity index (χ3v) is 4.56. The lowest BCUT2D eigenvalue weighted by atomic mass is 10.2. The Balaban J connectivity index is 1.59. The van der Waals surface area contributed by atoms with E-state index in [9.17, 15) is 0 Å². The van der Waals surface area contributed by atoms with Crippen molar-refractivity contribution in [2.45, 2.75) is 6.54 Å². The highest BCUT2D eigenvalue weighted by molar-refractivity contribution is 14.1. The molecule has 0 aliphatic rings. The Bertz CT molecular complexity index is 950. The fraction of sp³-hybridized carbons (Fsp3) is 0.0588. The normalized spacial score (nSPS) is 10.9. The lowest BCUT2D eigenvalue weighted by Crippen LogP contribution is -2.04. The van der Waals surface area contributed by atoms with Crippen LogP contribution in [0.2, 0.25) is 0 Å². The van der Waals surface area contributed by atoms with Crippen LogP contribution in [0.15, 0.2) is 65.1 Å². The Morgan fingerprint density at radius 2 is 1.50 bits per heavy atom. The van der Waals surface area contributed by atoms with Crippen molar-refractivity contribution in [3.63, 3.8) is 0 Å². The second-order valence-corrected chi connectivity index (χ2v) is 6.14. The van der Waals surface area contributed by atoms with Gasteiger partial charge in [0, 0.05) is 11.1 Å². The van der Waals surface area contributed by atoms with E-state index in [1.807, 2.05) is 60.7 Å². The number of rotatable bonds is 4. The van der Waals surface area contributed by atoms with E-state index in [1.165, 1.54) is 0 Å². The number of aromatic nitrogens is 5. The highest BCUT2D eigenvalue weighted by Crippen LogP contribution is 2.23. The minimum atomic E-state index is 0.387. The highest BCUT2D eigenvalue weighted by atomic mass is 127. The van der Waals surface area contributed by atoms with Crippen LogP contribution < -0.4 is 0 Å². The first-order valence-electron chi connectivity index (χ1n) is 7.33. The highest BCUT2D eigenvalue weighted by Gasteiger charge is 2.15. The van der Waals surface area contributed by atoms with Crippen molar-refractivity contribution in [2.24, 2.45) is 0 Å². The van der Waals surface area contributed by atoms with Gasteiger partial charge in [0.2, 0.25) is 11.8 Å². The molecule has 2 aromatic carbocycles. The molecule has 4 rings (SSSR count). The van der Waals surface area contributed by atoms with Crippen molar-refractivity contribution in [2.75, 3.05) is 0 Å². The van der Waals surface area contributed by atoms with Crippen molar-refractivity contribution in [1.29, 1.82) is 0 Å². The van der Waals surface area contributed by atoms with Crippen molar-refractivity contribution < 1.29 is 4.42 Å². The molecule has 6 nitrogen and oxygen atoms in total. The van der Waals surface area contributed by atoms with E-state index in [4.69, 9.17) is 4.42 Å². The van der Waals surface area contributed by atoms with Crippen LogP contribution in [-0.2, 0) is 6.54 Å². The molecule has 0 bridgehead atoms. The lowest BCUT2D eigenvalue weighted by molar-refractivity contribution is 0.466. The molecule has 2 aromatic heterocycles. The Morgan fingerprint density at radius 3 is 2.21 bits per heavy atom. The number of nitrogens with zero attached hydrogens (tertiary/aromatic N) is 5. The number of benzene rings is 2. The molecule has 0 saturated carbocycles. The molecule has 0 atom stereocenters. The maximum absolute atomic E-state index is 5.73. The molecule has 0 fully saturated rings. The minimum absolute atomic E-state index is 0.387. The number of halogens is 1. The molecule has 0 spiro atoms. The summed E-state index contributed by atoms with van der Waals surface area (Å²) >= 11 is 2.23. The maximum Gasteiger partial charge on any atom is 0.247 e. The molecule has 0 saturated heterocycles. The van der Waals surface area contributed by atoms with Gasteiger partial charge < -0.3 is 4.42 Å². The van der Waals surface area contributed by atoms with Crippen LogP contribution in [0.1, 0.15) is 5.89 Å². The van der Waals surface area contributed by atoms with Crippen molar-refractivity contribution in [3.8, 4) is 22.7 Å². The molecular formula is C17H12IN5O. The lowest BCUT2D eigenvalue weighted by Gasteiger charge is -1.99. The zero-order chi connectivity index (χ0) is 16.4. The third-order valence-electron chi connectivity index (χ3n) is 3.49. The summed E-state index contributed by atoms with van der Waals surface area (Å²) in [5, 5.41) is 16.7. The molecule has 0 N–H and O–H groups in total. The van der Waals surface area contributed by atoms with E-state index >= 15 is 0 Å². The van der Waals surface area contributed by atoms with Gasteiger partial charge in [0.15, 0.2) is 0 Å². The van der Waals surface area contributed by atoms with E-state index in [0.717, 1.165) is 20.5 Å². The molecule has 118 valence electrons. The summed E-state index contributed by atoms with van der Waals surface area (Å²) in [5.41, 5.74) is 2.78. The quantitative estimate of drug-likeness (QED) is 0.464. The molecule has 2 heterocycles. The first kappa shape index (κ1) is 15.0. The Morgan fingerprint density at radius 1 is 0.833 bits per heavy atom. The SMILES string of the molecule is Ic1c(-c2ccccc2)nnn1Cc1nnc(-c2ccccc2)o1. The van der Waals surface area contributed by atoms with Crippen LogP contribution in [0.5, 0.6) is 0 Å². The van der Waals surface area contributed by atoms with Gasteiger partial charge in [0.25, 0.3) is 0 Å². The van der Waals surface area contributed by atoms with E-state index in [2.05, 4.69) is 43.1 Å². The summed E-state index contributed by atoms with van der Waals surface area (Å²) < 4.78 is 8.41. The predicted octanol–water partition coefficient (Wildman–Crippen LogP) is 3.65.